The van der Waals surface area contributed by atoms with E-state index in [1.165, 1.54) is 0 Å². The lowest BCUT2D eigenvalue weighted by Crippen LogP contribution is -2.19. The Bertz CT molecular complexity index is 342. The van der Waals surface area contributed by atoms with Gasteiger partial charge in [0, 0.05) is 11.5 Å². The molecule has 0 aliphatic rings. The van der Waals surface area contributed by atoms with E-state index in [-0.39, 0.29) is 11.3 Å². The van der Waals surface area contributed by atoms with Crippen LogP contribution >= 0.6 is 0 Å². The van der Waals surface area contributed by atoms with Gasteiger partial charge >= 0.3 is 6.09 Å². The summed E-state index contributed by atoms with van der Waals surface area (Å²) >= 11 is 0. The SMILES string of the molecule is CCC(C)(CC)c1cc(NC(=O)O)on1. The van der Waals surface area contributed by atoms with E-state index in [9.17, 15) is 4.79 Å². The fourth-order valence-corrected chi connectivity index (χ4v) is 1.34. The Balaban J connectivity index is 2.87. The van der Waals surface area contributed by atoms with Crippen molar-refractivity contribution in [3.63, 3.8) is 0 Å². The molecule has 5 heteroatoms. The average Bonchev–Trinajstić information content (AvgIpc) is 2.64. The molecule has 0 aromatic carbocycles. The van der Waals surface area contributed by atoms with Crippen molar-refractivity contribution in [1.82, 2.24) is 5.16 Å². The third-order valence-electron chi connectivity index (χ3n) is 2.92. The summed E-state index contributed by atoms with van der Waals surface area (Å²) in [6.07, 6.45) is 0.720. The van der Waals surface area contributed by atoms with E-state index in [0.29, 0.717) is 0 Å². The van der Waals surface area contributed by atoms with Crippen molar-refractivity contribution in [3.05, 3.63) is 11.8 Å². The van der Waals surface area contributed by atoms with Crippen molar-refractivity contribution in [2.45, 2.75) is 39.0 Å². The van der Waals surface area contributed by atoms with E-state index in [2.05, 4.69) is 31.2 Å². The van der Waals surface area contributed by atoms with E-state index >= 15 is 0 Å². The first-order chi connectivity index (χ1) is 7.01. The Kier molecular flexibility index (Phi) is 3.34. The van der Waals surface area contributed by atoms with Gasteiger partial charge in [-0.15, -0.1) is 0 Å². The van der Waals surface area contributed by atoms with Gasteiger partial charge in [0.25, 0.3) is 0 Å². The summed E-state index contributed by atoms with van der Waals surface area (Å²) in [4.78, 5) is 10.4. The zero-order chi connectivity index (χ0) is 11.5. The summed E-state index contributed by atoms with van der Waals surface area (Å²) in [6.45, 7) is 6.22. The van der Waals surface area contributed by atoms with Gasteiger partial charge in [0.15, 0.2) is 0 Å². The molecule has 5 nitrogen and oxygen atoms in total. The summed E-state index contributed by atoms with van der Waals surface area (Å²) in [6, 6.07) is 1.64. The van der Waals surface area contributed by atoms with Crippen LogP contribution in [0.3, 0.4) is 0 Å². The first-order valence-corrected chi connectivity index (χ1v) is 4.99. The van der Waals surface area contributed by atoms with Crippen molar-refractivity contribution in [2.75, 3.05) is 5.32 Å². The van der Waals surface area contributed by atoms with Crippen molar-refractivity contribution < 1.29 is 14.4 Å². The van der Waals surface area contributed by atoms with E-state index in [4.69, 9.17) is 9.63 Å². The smallest absolute Gasteiger partial charge is 0.411 e. The molecule has 0 saturated heterocycles. The van der Waals surface area contributed by atoms with Crippen LogP contribution in [0.25, 0.3) is 0 Å². The van der Waals surface area contributed by atoms with Crippen LogP contribution in [0, 0.1) is 0 Å². The van der Waals surface area contributed by atoms with Gasteiger partial charge in [0.1, 0.15) is 0 Å². The molecular weight excluding hydrogens is 196 g/mol. The first-order valence-electron chi connectivity index (χ1n) is 4.99. The largest absolute Gasteiger partial charge is 0.465 e. The maximum atomic E-state index is 10.4. The Labute approximate surface area is 88.5 Å². The average molecular weight is 212 g/mol. The predicted molar refractivity (Wildman–Crippen MR) is 56.1 cm³/mol. The van der Waals surface area contributed by atoms with Crippen LogP contribution in [-0.2, 0) is 5.41 Å². The van der Waals surface area contributed by atoms with E-state index < -0.39 is 6.09 Å². The number of carboxylic acid groups (broad SMARTS) is 1. The molecule has 2 N–H and O–H groups in total. The number of amides is 1. The summed E-state index contributed by atoms with van der Waals surface area (Å²) < 4.78 is 4.88. The zero-order valence-electron chi connectivity index (χ0n) is 9.20. The minimum atomic E-state index is -1.15. The molecule has 1 aromatic heterocycles. The minimum absolute atomic E-state index is 0.0536. The quantitative estimate of drug-likeness (QED) is 0.804. The number of hydrogen-bond acceptors (Lipinski definition) is 3. The second-order valence-corrected chi connectivity index (χ2v) is 3.77. The Morgan fingerprint density at radius 3 is 2.67 bits per heavy atom. The van der Waals surface area contributed by atoms with Gasteiger partial charge in [-0.05, 0) is 12.8 Å². The van der Waals surface area contributed by atoms with Gasteiger partial charge in [-0.2, -0.15) is 0 Å². The number of carbonyl (C=O) groups is 1. The molecule has 15 heavy (non-hydrogen) atoms. The summed E-state index contributed by atoms with van der Waals surface area (Å²) in [5, 5.41) is 14.5. The third-order valence-corrected chi connectivity index (χ3v) is 2.92. The molecule has 0 aliphatic carbocycles. The number of rotatable bonds is 4. The van der Waals surface area contributed by atoms with Gasteiger partial charge in [0.2, 0.25) is 5.88 Å². The molecule has 0 unspecified atom stereocenters. The second-order valence-electron chi connectivity index (χ2n) is 3.77. The van der Waals surface area contributed by atoms with Gasteiger partial charge in [0.05, 0.1) is 5.69 Å². The van der Waals surface area contributed by atoms with Gasteiger partial charge < -0.3 is 9.63 Å². The molecule has 0 spiro atoms. The van der Waals surface area contributed by atoms with Crippen LogP contribution in [0.15, 0.2) is 10.6 Å². The highest BCUT2D eigenvalue weighted by atomic mass is 16.5. The monoisotopic (exact) mass is 212 g/mol. The highest BCUT2D eigenvalue weighted by Gasteiger charge is 2.26. The topological polar surface area (TPSA) is 75.4 Å². The lowest BCUT2D eigenvalue weighted by molar-refractivity contribution is 0.208. The molecule has 1 rings (SSSR count). The zero-order valence-corrected chi connectivity index (χ0v) is 9.20. The van der Waals surface area contributed by atoms with Gasteiger partial charge in [-0.1, -0.05) is 25.9 Å². The molecule has 0 radical (unpaired) electrons. The molecule has 1 aromatic rings. The van der Waals surface area contributed by atoms with Gasteiger partial charge in [-0.3, -0.25) is 5.32 Å². The summed E-state index contributed by atoms with van der Waals surface area (Å²) in [5.74, 6) is 0.172. The van der Waals surface area contributed by atoms with E-state index in [1.807, 2.05) is 0 Å². The Morgan fingerprint density at radius 2 is 2.20 bits per heavy atom. The molecule has 0 bridgehead atoms. The summed E-state index contributed by atoms with van der Waals surface area (Å²) in [7, 11) is 0. The number of hydrogen-bond donors (Lipinski definition) is 2. The van der Waals surface area contributed by atoms with E-state index in [0.717, 1.165) is 18.5 Å². The highest BCUT2D eigenvalue weighted by Crippen LogP contribution is 2.31. The van der Waals surface area contributed by atoms with Crippen LogP contribution in [0.4, 0.5) is 10.7 Å². The molecule has 1 heterocycles. The van der Waals surface area contributed by atoms with Crippen LogP contribution in [-0.4, -0.2) is 16.4 Å². The number of anilines is 1. The van der Waals surface area contributed by atoms with Crippen LogP contribution in [0.1, 0.15) is 39.3 Å². The lowest BCUT2D eigenvalue weighted by Gasteiger charge is -2.22. The highest BCUT2D eigenvalue weighted by molar-refractivity contribution is 5.80. The molecule has 1 amide bonds. The summed E-state index contributed by atoms with van der Waals surface area (Å²) in [5.41, 5.74) is 0.735. The molecule has 0 atom stereocenters. The molecular formula is C10H16N2O3. The fourth-order valence-electron chi connectivity index (χ4n) is 1.34. The van der Waals surface area contributed by atoms with Crippen molar-refractivity contribution in [1.29, 1.82) is 0 Å². The molecule has 84 valence electrons. The second kappa shape index (κ2) is 4.33. The van der Waals surface area contributed by atoms with Crippen LogP contribution in [0.5, 0.6) is 0 Å². The predicted octanol–water partition coefficient (Wildman–Crippen LogP) is 2.84. The van der Waals surface area contributed by atoms with E-state index in [1.54, 1.807) is 6.07 Å². The maximum absolute atomic E-state index is 10.4. The maximum Gasteiger partial charge on any atom is 0.411 e. The minimum Gasteiger partial charge on any atom is -0.465 e. The van der Waals surface area contributed by atoms with Crippen LogP contribution < -0.4 is 5.32 Å². The Hall–Kier alpha value is -1.52. The van der Waals surface area contributed by atoms with Gasteiger partial charge in [-0.25, -0.2) is 4.79 Å². The van der Waals surface area contributed by atoms with Crippen molar-refractivity contribution in [3.8, 4) is 0 Å². The van der Waals surface area contributed by atoms with Crippen molar-refractivity contribution >= 4 is 12.0 Å². The Morgan fingerprint density at radius 1 is 1.60 bits per heavy atom. The standard InChI is InChI=1S/C10H16N2O3/c1-4-10(3,5-2)7-6-8(15-12-7)11-9(13)14/h6,11H,4-5H2,1-3H3,(H,13,14). The number of nitrogens with zero attached hydrogens (tertiary/aromatic N) is 1. The lowest BCUT2D eigenvalue weighted by atomic mass is 9.81. The third kappa shape index (κ3) is 2.49. The molecule has 0 saturated carbocycles. The number of nitrogens with one attached hydrogen (secondary N) is 1. The number of aromatic nitrogens is 1. The molecule has 0 aliphatic heterocycles. The molecule has 0 fully saturated rings. The van der Waals surface area contributed by atoms with Crippen molar-refractivity contribution in [2.24, 2.45) is 0 Å². The fraction of sp³-hybridized carbons (Fsp3) is 0.600. The van der Waals surface area contributed by atoms with Crippen LogP contribution in [0.2, 0.25) is 0 Å². The first kappa shape index (κ1) is 11.6. The normalized spacial score (nSPS) is 11.4.